The molecule has 0 unspecified atom stereocenters. The predicted molar refractivity (Wildman–Crippen MR) is 55.0 cm³/mol. The number of nitrogens with zero attached hydrogens (tertiary/aromatic N) is 1. The van der Waals surface area contributed by atoms with Gasteiger partial charge < -0.3 is 16.0 Å². The molecule has 0 spiro atoms. The van der Waals surface area contributed by atoms with Crippen molar-refractivity contribution in [3.63, 3.8) is 0 Å². The van der Waals surface area contributed by atoms with Gasteiger partial charge in [0.15, 0.2) is 0 Å². The topological polar surface area (TPSA) is 75.4 Å². The molecule has 1 heterocycles. The summed E-state index contributed by atoms with van der Waals surface area (Å²) in [6.45, 7) is 1.50. The van der Waals surface area contributed by atoms with E-state index in [2.05, 4.69) is 5.32 Å². The Morgan fingerprint density at radius 2 is 1.73 bits per heavy atom. The molecule has 1 aliphatic heterocycles. The van der Waals surface area contributed by atoms with Crippen molar-refractivity contribution >= 4 is 11.9 Å². The number of piperidine rings is 1. The van der Waals surface area contributed by atoms with E-state index in [1.54, 1.807) is 0 Å². The van der Waals surface area contributed by atoms with E-state index >= 15 is 0 Å². The first-order valence-electron chi connectivity index (χ1n) is 5.51. The van der Waals surface area contributed by atoms with Crippen molar-refractivity contribution in [2.75, 3.05) is 13.1 Å². The van der Waals surface area contributed by atoms with Gasteiger partial charge in [-0.2, -0.15) is 0 Å². The monoisotopic (exact) mass is 211 g/mol. The largest absolute Gasteiger partial charge is 0.352 e. The normalized spacial score (nSPS) is 22.5. The highest BCUT2D eigenvalue weighted by atomic mass is 16.2. The van der Waals surface area contributed by atoms with Crippen LogP contribution in [0.4, 0.5) is 4.79 Å². The van der Waals surface area contributed by atoms with Crippen molar-refractivity contribution in [3.8, 4) is 0 Å². The first kappa shape index (κ1) is 10.3. The summed E-state index contributed by atoms with van der Waals surface area (Å²) < 4.78 is 0. The van der Waals surface area contributed by atoms with Crippen LogP contribution in [-0.2, 0) is 4.79 Å². The first-order valence-corrected chi connectivity index (χ1v) is 5.51. The van der Waals surface area contributed by atoms with Crippen LogP contribution >= 0.6 is 0 Å². The lowest BCUT2D eigenvalue weighted by Gasteiger charge is -2.32. The smallest absolute Gasteiger partial charge is 0.312 e. The summed E-state index contributed by atoms with van der Waals surface area (Å²) in [7, 11) is 0. The van der Waals surface area contributed by atoms with E-state index in [4.69, 9.17) is 5.73 Å². The second-order valence-electron chi connectivity index (χ2n) is 4.38. The minimum atomic E-state index is -0.470. The predicted octanol–water partition coefficient (Wildman–Crippen LogP) is 0.0557. The summed E-state index contributed by atoms with van der Waals surface area (Å²) >= 11 is 0. The molecule has 0 aromatic carbocycles. The maximum atomic E-state index is 11.7. The Hall–Kier alpha value is -1.26. The van der Waals surface area contributed by atoms with Gasteiger partial charge in [-0.1, -0.05) is 0 Å². The van der Waals surface area contributed by atoms with Crippen molar-refractivity contribution in [2.24, 2.45) is 11.7 Å². The maximum Gasteiger partial charge on any atom is 0.312 e. The molecule has 2 rings (SSSR count). The highest BCUT2D eigenvalue weighted by molar-refractivity contribution is 5.81. The van der Waals surface area contributed by atoms with Crippen LogP contribution in [0.25, 0.3) is 0 Å². The third-order valence-electron chi connectivity index (χ3n) is 3.08. The van der Waals surface area contributed by atoms with Gasteiger partial charge in [0.2, 0.25) is 5.91 Å². The van der Waals surface area contributed by atoms with E-state index in [1.807, 2.05) is 4.90 Å². The summed E-state index contributed by atoms with van der Waals surface area (Å²) in [5.41, 5.74) is 5.05. The van der Waals surface area contributed by atoms with Gasteiger partial charge in [-0.15, -0.1) is 0 Å². The Kier molecular flexibility index (Phi) is 2.79. The zero-order valence-corrected chi connectivity index (χ0v) is 8.74. The summed E-state index contributed by atoms with van der Waals surface area (Å²) in [6.07, 6.45) is 3.75. The average molecular weight is 211 g/mol. The van der Waals surface area contributed by atoms with Crippen LogP contribution < -0.4 is 11.1 Å². The fraction of sp³-hybridized carbons (Fsp3) is 0.800. The molecular formula is C10H17N3O2. The molecule has 15 heavy (non-hydrogen) atoms. The van der Waals surface area contributed by atoms with Crippen LogP contribution in [0.2, 0.25) is 0 Å². The summed E-state index contributed by atoms with van der Waals surface area (Å²) in [5, 5.41) is 2.69. The quantitative estimate of drug-likeness (QED) is 0.677. The zero-order chi connectivity index (χ0) is 10.8. The van der Waals surface area contributed by atoms with Crippen molar-refractivity contribution in [1.29, 1.82) is 0 Å². The maximum absolute atomic E-state index is 11.7. The van der Waals surface area contributed by atoms with Gasteiger partial charge in [-0.25, -0.2) is 4.79 Å². The van der Waals surface area contributed by atoms with Crippen LogP contribution in [0.3, 0.4) is 0 Å². The number of carbonyl (C=O) groups excluding carboxylic acids is 2. The number of urea groups is 1. The summed E-state index contributed by atoms with van der Waals surface area (Å²) in [4.78, 5) is 24.2. The molecule has 0 atom stereocenters. The Labute approximate surface area is 89.0 Å². The molecule has 3 amide bonds. The van der Waals surface area contributed by atoms with E-state index in [0.717, 1.165) is 38.8 Å². The molecule has 0 bridgehead atoms. The van der Waals surface area contributed by atoms with Crippen LogP contribution in [-0.4, -0.2) is 36.0 Å². The van der Waals surface area contributed by atoms with Crippen molar-refractivity contribution in [2.45, 2.75) is 31.7 Å². The molecule has 5 nitrogen and oxygen atoms in total. The molecule has 84 valence electrons. The second kappa shape index (κ2) is 4.08. The van der Waals surface area contributed by atoms with Crippen LogP contribution in [0.1, 0.15) is 25.7 Å². The van der Waals surface area contributed by atoms with Crippen LogP contribution in [0.5, 0.6) is 0 Å². The number of likely N-dealkylation sites (tertiary alicyclic amines) is 1. The van der Waals surface area contributed by atoms with E-state index in [0.29, 0.717) is 11.8 Å². The molecule has 0 aromatic heterocycles. The van der Waals surface area contributed by atoms with Gasteiger partial charge in [0.1, 0.15) is 0 Å². The third-order valence-corrected chi connectivity index (χ3v) is 3.08. The number of primary amides is 1. The van der Waals surface area contributed by atoms with E-state index in [1.165, 1.54) is 0 Å². The van der Waals surface area contributed by atoms with E-state index in [9.17, 15) is 9.59 Å². The van der Waals surface area contributed by atoms with Gasteiger partial charge in [-0.3, -0.25) is 4.79 Å². The molecule has 5 heteroatoms. The third kappa shape index (κ3) is 2.61. The average Bonchev–Trinajstić information content (AvgIpc) is 3.00. The van der Waals surface area contributed by atoms with E-state index in [-0.39, 0.29) is 6.04 Å². The fourth-order valence-corrected chi connectivity index (χ4v) is 2.03. The van der Waals surface area contributed by atoms with Gasteiger partial charge in [0.25, 0.3) is 0 Å². The lowest BCUT2D eigenvalue weighted by atomic mass is 10.0. The van der Waals surface area contributed by atoms with Crippen LogP contribution in [0.15, 0.2) is 0 Å². The highest BCUT2D eigenvalue weighted by Gasteiger charge is 2.34. The van der Waals surface area contributed by atoms with Gasteiger partial charge in [0, 0.05) is 25.0 Å². The van der Waals surface area contributed by atoms with Gasteiger partial charge >= 0.3 is 6.03 Å². The zero-order valence-electron chi connectivity index (χ0n) is 8.74. The van der Waals surface area contributed by atoms with Crippen molar-refractivity contribution < 1.29 is 9.59 Å². The number of amides is 3. The SMILES string of the molecule is NC(=O)NC1CCN(C(=O)C2CC2)CC1. The van der Waals surface area contributed by atoms with Crippen molar-refractivity contribution in [3.05, 3.63) is 0 Å². The lowest BCUT2D eigenvalue weighted by molar-refractivity contribution is -0.133. The number of hydrogen-bond donors (Lipinski definition) is 2. The number of carbonyl (C=O) groups is 2. The number of nitrogens with one attached hydrogen (secondary N) is 1. The Morgan fingerprint density at radius 3 is 2.20 bits per heavy atom. The lowest BCUT2D eigenvalue weighted by Crippen LogP contribution is -2.48. The summed E-state index contributed by atoms with van der Waals surface area (Å²) in [5.74, 6) is 0.596. The molecule has 1 aliphatic carbocycles. The summed E-state index contributed by atoms with van der Waals surface area (Å²) in [6, 6.07) is -0.326. The van der Waals surface area contributed by atoms with Crippen LogP contribution in [0, 0.1) is 5.92 Å². The molecular weight excluding hydrogens is 194 g/mol. The second-order valence-corrected chi connectivity index (χ2v) is 4.38. The van der Waals surface area contributed by atoms with E-state index < -0.39 is 6.03 Å². The number of nitrogens with two attached hydrogens (primary N) is 1. The fourth-order valence-electron chi connectivity index (χ4n) is 2.03. The first-order chi connectivity index (χ1) is 7.16. The molecule has 2 fully saturated rings. The molecule has 0 aromatic rings. The molecule has 2 aliphatic rings. The van der Waals surface area contributed by atoms with Gasteiger partial charge in [0.05, 0.1) is 0 Å². The van der Waals surface area contributed by atoms with Gasteiger partial charge in [-0.05, 0) is 25.7 Å². The minimum Gasteiger partial charge on any atom is -0.352 e. The Morgan fingerprint density at radius 1 is 1.13 bits per heavy atom. The standard InChI is InChI=1S/C10H17N3O2/c11-10(15)12-8-3-5-13(6-4-8)9(14)7-1-2-7/h7-8H,1-6H2,(H3,11,12,15). The molecule has 1 saturated heterocycles. The highest BCUT2D eigenvalue weighted by Crippen LogP contribution is 2.31. The number of hydrogen-bond acceptors (Lipinski definition) is 2. The Balaban J connectivity index is 1.76. The minimum absolute atomic E-state index is 0.144. The molecule has 1 saturated carbocycles. The van der Waals surface area contributed by atoms with Crippen molar-refractivity contribution in [1.82, 2.24) is 10.2 Å². The molecule has 3 N–H and O–H groups in total. The Bertz CT molecular complexity index is 268. The number of rotatable bonds is 2. The molecule has 0 radical (unpaired) electrons.